The Kier molecular flexibility index (Phi) is 3.36. The average molecular weight is 326 g/mol. The van der Waals surface area contributed by atoms with Crippen molar-refractivity contribution >= 4 is 17.0 Å². The van der Waals surface area contributed by atoms with Gasteiger partial charge in [-0.05, 0) is 24.3 Å². The second kappa shape index (κ2) is 5.53. The minimum absolute atomic E-state index is 0.0670. The Morgan fingerprint density at radius 2 is 2.04 bits per heavy atom. The van der Waals surface area contributed by atoms with E-state index < -0.39 is 5.95 Å². The number of pyridine rings is 2. The normalized spacial score (nSPS) is 11.2. The highest BCUT2D eigenvalue weighted by Gasteiger charge is 2.11. The third-order valence-electron chi connectivity index (χ3n) is 3.47. The van der Waals surface area contributed by atoms with Crippen LogP contribution in [-0.4, -0.2) is 24.5 Å². The third kappa shape index (κ3) is 2.49. The second-order valence-electron chi connectivity index (χ2n) is 4.94. The van der Waals surface area contributed by atoms with E-state index in [1.54, 1.807) is 18.3 Å². The predicted octanol–water partition coefficient (Wildman–Crippen LogP) is 3.15. The summed E-state index contributed by atoms with van der Waals surface area (Å²) in [7, 11) is 0. The fraction of sp³-hybridized carbons (Fsp3) is 0.0625. The molecule has 0 unspecified atom stereocenters. The fourth-order valence-electron chi connectivity index (χ4n) is 2.37. The van der Waals surface area contributed by atoms with Gasteiger partial charge in [0.25, 0.3) is 0 Å². The van der Waals surface area contributed by atoms with Crippen LogP contribution in [0.5, 0.6) is 0 Å². The number of hydrogen-bond acceptors (Lipinski definition) is 5. The third-order valence-corrected chi connectivity index (χ3v) is 4.30. The quantitative estimate of drug-likeness (QED) is 0.588. The number of aromatic nitrogens is 4. The lowest BCUT2D eigenvalue weighted by molar-refractivity contribution is 0.281. The van der Waals surface area contributed by atoms with E-state index in [0.29, 0.717) is 21.9 Å². The van der Waals surface area contributed by atoms with Crippen LogP contribution < -0.4 is 0 Å². The number of thiazole rings is 1. The molecule has 0 saturated heterocycles. The minimum Gasteiger partial charge on any atom is -0.389 e. The average Bonchev–Trinajstić information content (AvgIpc) is 3.21. The van der Waals surface area contributed by atoms with E-state index in [1.165, 1.54) is 17.5 Å². The molecule has 4 heterocycles. The van der Waals surface area contributed by atoms with E-state index in [9.17, 15) is 4.39 Å². The van der Waals surface area contributed by atoms with Crippen molar-refractivity contribution in [2.45, 2.75) is 6.61 Å². The molecule has 0 bridgehead atoms. The van der Waals surface area contributed by atoms with Gasteiger partial charge in [-0.3, -0.25) is 0 Å². The molecule has 4 aromatic heterocycles. The number of aliphatic hydroxyl groups is 1. The maximum absolute atomic E-state index is 13.8. The summed E-state index contributed by atoms with van der Waals surface area (Å²) in [6.45, 7) is -0.0670. The van der Waals surface area contributed by atoms with Crippen LogP contribution in [0.15, 0.2) is 48.2 Å². The van der Waals surface area contributed by atoms with Crippen LogP contribution in [0.1, 0.15) is 5.01 Å². The van der Waals surface area contributed by atoms with E-state index in [1.807, 2.05) is 28.1 Å². The summed E-state index contributed by atoms with van der Waals surface area (Å²) in [5, 5.41) is 11.7. The van der Waals surface area contributed by atoms with Crippen LogP contribution in [0.3, 0.4) is 0 Å². The number of rotatable bonds is 3. The molecule has 0 radical (unpaired) electrons. The van der Waals surface area contributed by atoms with Gasteiger partial charge in [-0.2, -0.15) is 4.39 Å². The zero-order valence-corrected chi connectivity index (χ0v) is 12.7. The molecule has 0 aliphatic carbocycles. The van der Waals surface area contributed by atoms with Crippen molar-refractivity contribution in [2.75, 3.05) is 0 Å². The van der Waals surface area contributed by atoms with Crippen molar-refractivity contribution in [2.24, 2.45) is 0 Å². The number of halogens is 1. The standard InChI is InChI=1S/C16H11FN4OS/c17-16-11(2-1-5-18-16)12-7-21-6-10(3-4-14(21)19-12)13-9-23-15(8-22)20-13/h1-7,9,22H,8H2. The van der Waals surface area contributed by atoms with Gasteiger partial charge in [0.05, 0.1) is 23.6 Å². The zero-order valence-electron chi connectivity index (χ0n) is 11.8. The van der Waals surface area contributed by atoms with Crippen LogP contribution in [0, 0.1) is 5.95 Å². The Hall–Kier alpha value is -2.64. The highest BCUT2D eigenvalue weighted by atomic mass is 32.1. The van der Waals surface area contributed by atoms with Gasteiger partial charge in [-0.1, -0.05) is 0 Å². The summed E-state index contributed by atoms with van der Waals surface area (Å²) in [6.07, 6.45) is 5.06. The number of aliphatic hydroxyl groups excluding tert-OH is 1. The molecule has 0 amide bonds. The topological polar surface area (TPSA) is 63.3 Å². The molecule has 4 rings (SSSR count). The summed E-state index contributed by atoms with van der Waals surface area (Å²) < 4.78 is 15.6. The summed E-state index contributed by atoms with van der Waals surface area (Å²) >= 11 is 1.41. The van der Waals surface area contributed by atoms with Gasteiger partial charge in [-0.15, -0.1) is 11.3 Å². The molecule has 23 heavy (non-hydrogen) atoms. The second-order valence-corrected chi connectivity index (χ2v) is 5.88. The first-order valence-electron chi connectivity index (χ1n) is 6.90. The maximum Gasteiger partial charge on any atom is 0.222 e. The smallest absolute Gasteiger partial charge is 0.222 e. The van der Waals surface area contributed by atoms with Crippen molar-refractivity contribution in [3.63, 3.8) is 0 Å². The molecule has 4 aromatic rings. The van der Waals surface area contributed by atoms with Gasteiger partial charge in [0.1, 0.15) is 10.7 Å². The van der Waals surface area contributed by atoms with Gasteiger partial charge in [0.15, 0.2) is 0 Å². The fourth-order valence-corrected chi connectivity index (χ4v) is 3.03. The molecule has 0 aliphatic rings. The predicted molar refractivity (Wildman–Crippen MR) is 85.4 cm³/mol. The van der Waals surface area contributed by atoms with Gasteiger partial charge in [0, 0.05) is 29.5 Å². The van der Waals surface area contributed by atoms with Gasteiger partial charge >= 0.3 is 0 Å². The molecule has 114 valence electrons. The number of fused-ring (bicyclic) bond motifs is 1. The summed E-state index contributed by atoms with van der Waals surface area (Å²) in [5.41, 5.74) is 3.31. The van der Waals surface area contributed by atoms with Gasteiger partial charge in [0.2, 0.25) is 5.95 Å². The molecule has 1 N–H and O–H groups in total. The highest BCUT2D eigenvalue weighted by Crippen LogP contribution is 2.25. The van der Waals surface area contributed by atoms with Crippen molar-refractivity contribution in [3.05, 3.63) is 59.2 Å². The zero-order chi connectivity index (χ0) is 15.8. The first-order chi connectivity index (χ1) is 11.2. The molecular weight excluding hydrogens is 315 g/mol. The lowest BCUT2D eigenvalue weighted by Gasteiger charge is -1.98. The van der Waals surface area contributed by atoms with Crippen LogP contribution in [0.4, 0.5) is 4.39 Å². The van der Waals surface area contributed by atoms with Gasteiger partial charge in [-0.25, -0.2) is 15.0 Å². The molecule has 5 nitrogen and oxygen atoms in total. The Labute approximate surface area is 134 Å². The van der Waals surface area contributed by atoms with Crippen molar-refractivity contribution in [3.8, 4) is 22.5 Å². The summed E-state index contributed by atoms with van der Waals surface area (Å²) in [6, 6.07) is 7.09. The van der Waals surface area contributed by atoms with Crippen molar-refractivity contribution < 1.29 is 9.50 Å². The first kappa shape index (κ1) is 14.0. The van der Waals surface area contributed by atoms with Crippen LogP contribution in [0.2, 0.25) is 0 Å². The molecule has 7 heteroatoms. The van der Waals surface area contributed by atoms with E-state index >= 15 is 0 Å². The Bertz CT molecular complexity index is 995. The lowest BCUT2D eigenvalue weighted by Crippen LogP contribution is -1.87. The Morgan fingerprint density at radius 1 is 1.13 bits per heavy atom. The minimum atomic E-state index is -0.539. The molecular formula is C16H11FN4OS. The largest absolute Gasteiger partial charge is 0.389 e. The van der Waals surface area contributed by atoms with E-state index in [0.717, 1.165) is 11.3 Å². The summed E-state index contributed by atoms with van der Waals surface area (Å²) in [5.74, 6) is -0.539. The van der Waals surface area contributed by atoms with E-state index in [-0.39, 0.29) is 6.61 Å². The monoisotopic (exact) mass is 326 g/mol. The van der Waals surface area contributed by atoms with Crippen LogP contribution >= 0.6 is 11.3 Å². The number of hydrogen-bond donors (Lipinski definition) is 1. The molecule has 0 fully saturated rings. The number of nitrogens with zero attached hydrogens (tertiary/aromatic N) is 4. The van der Waals surface area contributed by atoms with Crippen molar-refractivity contribution in [1.29, 1.82) is 0 Å². The Morgan fingerprint density at radius 3 is 2.83 bits per heavy atom. The SMILES string of the molecule is OCc1nc(-c2ccc3nc(-c4cccnc4F)cn3c2)cs1. The van der Waals surface area contributed by atoms with Crippen LogP contribution in [0.25, 0.3) is 28.2 Å². The van der Waals surface area contributed by atoms with Crippen molar-refractivity contribution in [1.82, 2.24) is 19.4 Å². The van der Waals surface area contributed by atoms with Crippen LogP contribution in [-0.2, 0) is 6.61 Å². The van der Waals surface area contributed by atoms with Gasteiger partial charge < -0.3 is 9.51 Å². The van der Waals surface area contributed by atoms with E-state index in [4.69, 9.17) is 5.11 Å². The molecule has 0 saturated carbocycles. The number of imidazole rings is 1. The summed E-state index contributed by atoms with van der Waals surface area (Å²) in [4.78, 5) is 12.4. The molecule has 0 aliphatic heterocycles. The highest BCUT2D eigenvalue weighted by molar-refractivity contribution is 7.09. The molecule has 0 spiro atoms. The lowest BCUT2D eigenvalue weighted by atomic mass is 10.2. The van der Waals surface area contributed by atoms with E-state index in [2.05, 4.69) is 15.0 Å². The Balaban J connectivity index is 1.79. The molecule has 0 aromatic carbocycles. The maximum atomic E-state index is 13.8. The first-order valence-corrected chi connectivity index (χ1v) is 7.78. The molecule has 0 atom stereocenters.